The first kappa shape index (κ1) is 11.0. The van der Waals surface area contributed by atoms with Crippen molar-refractivity contribution in [1.29, 1.82) is 0 Å². The van der Waals surface area contributed by atoms with Gasteiger partial charge in [-0.3, -0.25) is 4.79 Å². The molecule has 0 bridgehead atoms. The molecule has 0 atom stereocenters. The van der Waals surface area contributed by atoms with Gasteiger partial charge in [0, 0.05) is 5.88 Å². The number of hydrogen-bond acceptors (Lipinski definition) is 3. The van der Waals surface area contributed by atoms with E-state index in [4.69, 9.17) is 11.6 Å². The Morgan fingerprint density at radius 3 is 3.06 bits per heavy atom. The van der Waals surface area contributed by atoms with E-state index in [0.29, 0.717) is 5.88 Å². The van der Waals surface area contributed by atoms with Crippen LogP contribution < -0.4 is 0 Å². The van der Waals surface area contributed by atoms with Crippen LogP contribution in [0, 0.1) is 0 Å². The summed E-state index contributed by atoms with van der Waals surface area (Å²) in [5.41, 5.74) is 3.42. The highest BCUT2D eigenvalue weighted by Gasteiger charge is 2.13. The van der Waals surface area contributed by atoms with Crippen LogP contribution in [0.1, 0.15) is 11.1 Å². The van der Waals surface area contributed by atoms with Gasteiger partial charge in [-0.25, -0.2) is 4.98 Å². The molecule has 0 amide bonds. The second-order valence-electron chi connectivity index (χ2n) is 3.39. The molecular formula is C11H11ClN2O2. The number of fused-ring (bicyclic) bond motifs is 1. The number of imidazole rings is 1. The first-order chi connectivity index (χ1) is 7.76. The predicted molar refractivity (Wildman–Crippen MR) is 61.4 cm³/mol. The number of aromatic nitrogens is 2. The third-order valence-electron chi connectivity index (χ3n) is 2.49. The summed E-state index contributed by atoms with van der Waals surface area (Å²) in [7, 11) is 1.37. The topological polar surface area (TPSA) is 55.0 Å². The van der Waals surface area contributed by atoms with Crippen LogP contribution in [0.25, 0.3) is 11.0 Å². The SMILES string of the molecule is COC(=O)Cc1c(CCl)ccc2[nH]cnc12. The Hall–Kier alpha value is -1.55. The largest absolute Gasteiger partial charge is 0.469 e. The third kappa shape index (κ3) is 1.88. The van der Waals surface area contributed by atoms with Gasteiger partial charge in [0.15, 0.2) is 0 Å². The molecule has 1 heterocycles. The van der Waals surface area contributed by atoms with Crippen LogP contribution in [0.2, 0.25) is 0 Å². The number of halogens is 1. The third-order valence-corrected chi connectivity index (χ3v) is 2.77. The molecule has 0 radical (unpaired) electrons. The fraction of sp³-hybridized carbons (Fsp3) is 0.273. The zero-order chi connectivity index (χ0) is 11.5. The van der Waals surface area contributed by atoms with Crippen LogP contribution in [-0.2, 0) is 21.8 Å². The van der Waals surface area contributed by atoms with Gasteiger partial charge in [-0.05, 0) is 17.2 Å². The summed E-state index contributed by atoms with van der Waals surface area (Å²) in [4.78, 5) is 18.5. The number of rotatable bonds is 3. The first-order valence-electron chi connectivity index (χ1n) is 4.83. The number of nitrogens with zero attached hydrogens (tertiary/aromatic N) is 1. The van der Waals surface area contributed by atoms with Crippen molar-refractivity contribution in [2.75, 3.05) is 7.11 Å². The summed E-state index contributed by atoms with van der Waals surface area (Å²) in [6.45, 7) is 0. The van der Waals surface area contributed by atoms with Crippen molar-refractivity contribution in [2.24, 2.45) is 0 Å². The van der Waals surface area contributed by atoms with E-state index in [0.717, 1.165) is 22.2 Å². The van der Waals surface area contributed by atoms with E-state index in [9.17, 15) is 4.79 Å². The van der Waals surface area contributed by atoms with Crippen molar-refractivity contribution < 1.29 is 9.53 Å². The Morgan fingerprint density at radius 1 is 1.56 bits per heavy atom. The molecule has 0 fully saturated rings. The van der Waals surface area contributed by atoms with Gasteiger partial charge >= 0.3 is 5.97 Å². The molecule has 1 aromatic carbocycles. The van der Waals surface area contributed by atoms with Gasteiger partial charge < -0.3 is 9.72 Å². The fourth-order valence-corrected chi connectivity index (χ4v) is 1.90. The number of esters is 1. The minimum atomic E-state index is -0.290. The van der Waals surface area contributed by atoms with Crippen molar-refractivity contribution in [2.45, 2.75) is 12.3 Å². The number of H-pyrrole nitrogens is 1. The van der Waals surface area contributed by atoms with E-state index < -0.39 is 0 Å². The Kier molecular flexibility index (Phi) is 3.10. The van der Waals surface area contributed by atoms with E-state index in [1.54, 1.807) is 6.33 Å². The van der Waals surface area contributed by atoms with Crippen molar-refractivity contribution in [3.8, 4) is 0 Å². The molecule has 16 heavy (non-hydrogen) atoms. The Morgan fingerprint density at radius 2 is 2.38 bits per heavy atom. The quantitative estimate of drug-likeness (QED) is 0.658. The lowest BCUT2D eigenvalue weighted by Gasteiger charge is -2.06. The summed E-state index contributed by atoms with van der Waals surface area (Å²) in [5, 5.41) is 0. The van der Waals surface area contributed by atoms with Gasteiger partial charge in [-0.2, -0.15) is 0 Å². The van der Waals surface area contributed by atoms with E-state index >= 15 is 0 Å². The lowest BCUT2D eigenvalue weighted by Crippen LogP contribution is -2.07. The number of aromatic amines is 1. The predicted octanol–water partition coefficient (Wildman–Crippen LogP) is 2.02. The summed E-state index contributed by atoms with van der Waals surface area (Å²) in [5.74, 6) is 0.0663. The Labute approximate surface area is 97.6 Å². The molecule has 1 N–H and O–H groups in total. The van der Waals surface area contributed by atoms with Crippen LogP contribution in [-0.4, -0.2) is 23.0 Å². The van der Waals surface area contributed by atoms with Crippen LogP contribution >= 0.6 is 11.6 Å². The van der Waals surface area contributed by atoms with Gasteiger partial charge in [0.25, 0.3) is 0 Å². The number of methoxy groups -OCH3 is 1. The van der Waals surface area contributed by atoms with Crippen LogP contribution in [0.15, 0.2) is 18.5 Å². The average Bonchev–Trinajstić information content (AvgIpc) is 2.77. The number of ether oxygens (including phenoxy) is 1. The van der Waals surface area contributed by atoms with E-state index in [1.165, 1.54) is 7.11 Å². The molecule has 0 saturated heterocycles. The first-order valence-corrected chi connectivity index (χ1v) is 5.36. The average molecular weight is 239 g/mol. The Bertz CT molecular complexity index is 522. The van der Waals surface area contributed by atoms with Crippen LogP contribution in [0.4, 0.5) is 0 Å². The van der Waals surface area contributed by atoms with Crippen molar-refractivity contribution in [1.82, 2.24) is 9.97 Å². The van der Waals surface area contributed by atoms with Crippen molar-refractivity contribution in [3.05, 3.63) is 29.6 Å². The number of benzene rings is 1. The number of alkyl halides is 1. The van der Waals surface area contributed by atoms with Gasteiger partial charge in [0.2, 0.25) is 0 Å². The number of hydrogen-bond donors (Lipinski definition) is 1. The van der Waals surface area contributed by atoms with Gasteiger partial charge in [-0.15, -0.1) is 11.6 Å². The minimum Gasteiger partial charge on any atom is -0.469 e. The zero-order valence-corrected chi connectivity index (χ0v) is 9.54. The Balaban J connectivity index is 2.53. The monoisotopic (exact) mass is 238 g/mol. The molecule has 0 aliphatic rings. The highest BCUT2D eigenvalue weighted by atomic mass is 35.5. The van der Waals surface area contributed by atoms with Crippen molar-refractivity contribution >= 4 is 28.6 Å². The smallest absolute Gasteiger partial charge is 0.310 e. The maximum Gasteiger partial charge on any atom is 0.310 e. The molecular weight excluding hydrogens is 228 g/mol. The summed E-state index contributed by atoms with van der Waals surface area (Å²) in [6.07, 6.45) is 1.80. The standard InChI is InChI=1S/C11H11ClN2O2/c1-16-10(15)4-8-7(5-12)2-3-9-11(8)14-6-13-9/h2-3,6H,4-5H2,1H3,(H,13,14). The van der Waals surface area contributed by atoms with Crippen LogP contribution in [0.5, 0.6) is 0 Å². The number of nitrogens with one attached hydrogen (secondary N) is 1. The second-order valence-corrected chi connectivity index (χ2v) is 3.66. The van der Waals surface area contributed by atoms with E-state index in [-0.39, 0.29) is 12.4 Å². The molecule has 2 rings (SSSR count). The van der Waals surface area contributed by atoms with Crippen molar-refractivity contribution in [3.63, 3.8) is 0 Å². The maximum atomic E-state index is 11.3. The van der Waals surface area contributed by atoms with E-state index in [1.807, 2.05) is 12.1 Å². The second kappa shape index (κ2) is 4.53. The number of carbonyl (C=O) groups excluding carboxylic acids is 1. The maximum absolute atomic E-state index is 11.3. The lowest BCUT2D eigenvalue weighted by atomic mass is 10.0. The highest BCUT2D eigenvalue weighted by Crippen LogP contribution is 2.22. The molecule has 0 unspecified atom stereocenters. The fourth-order valence-electron chi connectivity index (χ4n) is 1.65. The van der Waals surface area contributed by atoms with Gasteiger partial charge in [-0.1, -0.05) is 6.07 Å². The number of carbonyl (C=O) groups is 1. The summed E-state index contributed by atoms with van der Waals surface area (Å²) >= 11 is 5.84. The molecule has 0 spiro atoms. The molecule has 1 aromatic heterocycles. The van der Waals surface area contributed by atoms with Gasteiger partial charge in [0.05, 0.1) is 30.9 Å². The molecule has 84 valence electrons. The molecule has 2 aromatic rings. The normalized spacial score (nSPS) is 10.6. The summed E-state index contributed by atoms with van der Waals surface area (Å²) < 4.78 is 4.66. The molecule has 5 heteroatoms. The minimum absolute atomic E-state index is 0.195. The molecule has 0 aliphatic heterocycles. The van der Waals surface area contributed by atoms with Crippen LogP contribution in [0.3, 0.4) is 0 Å². The molecule has 0 saturated carbocycles. The lowest BCUT2D eigenvalue weighted by molar-refractivity contribution is -0.139. The van der Waals surface area contributed by atoms with E-state index in [2.05, 4.69) is 14.7 Å². The zero-order valence-electron chi connectivity index (χ0n) is 8.79. The molecule has 0 aliphatic carbocycles. The highest BCUT2D eigenvalue weighted by molar-refractivity contribution is 6.17. The molecule has 4 nitrogen and oxygen atoms in total. The van der Waals surface area contributed by atoms with Gasteiger partial charge in [0.1, 0.15) is 0 Å². The summed E-state index contributed by atoms with van der Waals surface area (Å²) in [6, 6.07) is 3.80.